The van der Waals surface area contributed by atoms with Crippen LogP contribution in [-0.4, -0.2) is 8.80 Å². The minimum absolute atomic E-state index is 1.09. The van der Waals surface area contributed by atoms with Crippen LogP contribution in [0.3, 0.4) is 0 Å². The summed E-state index contributed by atoms with van der Waals surface area (Å²) in [6.45, 7) is 4.38. The summed E-state index contributed by atoms with van der Waals surface area (Å²) in [5.74, 6) is 0. The number of hydrogen-bond donors (Lipinski definition) is 0. The Morgan fingerprint density at radius 3 is 1.72 bits per heavy atom. The molecule has 0 amide bonds. The van der Waals surface area contributed by atoms with Gasteiger partial charge in [-0.1, -0.05) is 82.7 Å². The number of benzene rings is 2. The van der Waals surface area contributed by atoms with Crippen LogP contribution in [0.25, 0.3) is 0 Å². The summed E-state index contributed by atoms with van der Waals surface area (Å²) >= 11 is 0. The fraction of sp³-hybridized carbons (Fsp3) is 0.176. The second-order valence-electron chi connectivity index (χ2n) is 4.71. The molecule has 0 atom stereocenters. The normalized spacial score (nSPS) is 11.8. The third-order valence-electron chi connectivity index (χ3n) is 3.42. The molecule has 0 aliphatic carbocycles. The fourth-order valence-corrected chi connectivity index (χ4v) is 5.35. The van der Waals surface area contributed by atoms with Gasteiger partial charge in [-0.2, -0.15) is 0 Å². The highest BCUT2D eigenvalue weighted by Crippen LogP contribution is 2.06. The first-order chi connectivity index (χ1) is 8.81. The fourth-order valence-electron chi connectivity index (χ4n) is 2.24. The van der Waals surface area contributed by atoms with Crippen LogP contribution in [0.4, 0.5) is 0 Å². The molecule has 0 aliphatic heterocycles. The first kappa shape index (κ1) is 12.8. The Labute approximate surface area is 112 Å². The number of allylic oxidation sites excluding steroid dienone is 2. The van der Waals surface area contributed by atoms with E-state index in [-0.39, 0.29) is 0 Å². The Kier molecular flexibility index (Phi) is 4.54. The van der Waals surface area contributed by atoms with E-state index >= 15 is 0 Å². The van der Waals surface area contributed by atoms with Gasteiger partial charge in [-0.3, -0.25) is 0 Å². The summed E-state index contributed by atoms with van der Waals surface area (Å²) in [6.07, 6.45) is 2.24. The Hall–Kier alpha value is -1.60. The molecule has 0 saturated carbocycles. The van der Waals surface area contributed by atoms with Gasteiger partial charge in [-0.25, -0.2) is 0 Å². The molecule has 2 aromatic carbocycles. The Bertz CT molecular complexity index is 460. The predicted molar refractivity (Wildman–Crippen MR) is 83.5 cm³/mol. The highest BCUT2D eigenvalue weighted by Gasteiger charge is 2.15. The summed E-state index contributed by atoms with van der Waals surface area (Å²) in [5, 5.41) is 3.06. The zero-order valence-electron chi connectivity index (χ0n) is 11.1. The van der Waals surface area contributed by atoms with Crippen LogP contribution >= 0.6 is 0 Å². The molecule has 0 bridgehead atoms. The zero-order valence-corrected chi connectivity index (χ0v) is 12.3. The van der Waals surface area contributed by atoms with Crippen LogP contribution in [0.2, 0.25) is 6.04 Å². The summed E-state index contributed by atoms with van der Waals surface area (Å²) in [6, 6.07) is 23.2. The third kappa shape index (κ3) is 3.20. The molecule has 0 N–H and O–H groups in total. The lowest BCUT2D eigenvalue weighted by atomic mass is 10.3. The van der Waals surface area contributed by atoms with Crippen molar-refractivity contribution < 1.29 is 0 Å². The molecule has 18 heavy (non-hydrogen) atoms. The van der Waals surface area contributed by atoms with Gasteiger partial charge >= 0.3 is 0 Å². The van der Waals surface area contributed by atoms with Crippen molar-refractivity contribution in [3.63, 3.8) is 0 Å². The lowest BCUT2D eigenvalue weighted by molar-refractivity contribution is 1.34. The molecule has 2 rings (SSSR count). The van der Waals surface area contributed by atoms with Crippen molar-refractivity contribution in [1.29, 1.82) is 0 Å². The SMILES string of the molecule is CC=C(C)C[SiH](c1ccccc1)c1ccccc1. The average molecular weight is 252 g/mol. The predicted octanol–water partition coefficient (Wildman–Crippen LogP) is 2.99. The van der Waals surface area contributed by atoms with Crippen molar-refractivity contribution in [2.24, 2.45) is 0 Å². The monoisotopic (exact) mass is 252 g/mol. The third-order valence-corrected chi connectivity index (χ3v) is 6.85. The second-order valence-corrected chi connectivity index (χ2v) is 7.56. The zero-order chi connectivity index (χ0) is 12.8. The van der Waals surface area contributed by atoms with E-state index < -0.39 is 8.80 Å². The lowest BCUT2D eigenvalue weighted by Crippen LogP contribution is -2.41. The van der Waals surface area contributed by atoms with E-state index in [1.165, 1.54) is 22.0 Å². The molecule has 0 unspecified atom stereocenters. The maximum absolute atomic E-state index is 2.28. The van der Waals surface area contributed by atoms with Gasteiger partial charge in [-0.15, -0.1) is 0 Å². The average Bonchev–Trinajstić information content (AvgIpc) is 2.46. The molecular weight excluding hydrogens is 232 g/mol. The van der Waals surface area contributed by atoms with Crippen LogP contribution < -0.4 is 10.4 Å². The topological polar surface area (TPSA) is 0 Å². The standard InChI is InChI=1S/C17H20Si/c1-3-15(2)14-18(16-10-6-4-7-11-16)17-12-8-5-9-13-17/h3-13,18H,14H2,1-2H3. The van der Waals surface area contributed by atoms with E-state index in [0.29, 0.717) is 0 Å². The summed E-state index contributed by atoms with van der Waals surface area (Å²) in [7, 11) is -1.09. The largest absolute Gasteiger partial charge is 0.107 e. The molecule has 92 valence electrons. The Morgan fingerprint density at radius 1 is 0.889 bits per heavy atom. The highest BCUT2D eigenvalue weighted by molar-refractivity contribution is 6.85. The quantitative estimate of drug-likeness (QED) is 0.580. The van der Waals surface area contributed by atoms with Crippen molar-refractivity contribution in [1.82, 2.24) is 0 Å². The van der Waals surface area contributed by atoms with Gasteiger partial charge in [0.2, 0.25) is 0 Å². The van der Waals surface area contributed by atoms with Crippen molar-refractivity contribution in [3.8, 4) is 0 Å². The first-order valence-corrected chi connectivity index (χ1v) is 8.50. The molecule has 0 radical (unpaired) electrons. The van der Waals surface area contributed by atoms with E-state index in [1.807, 2.05) is 0 Å². The van der Waals surface area contributed by atoms with Gasteiger partial charge in [0, 0.05) is 0 Å². The molecule has 0 heterocycles. The molecule has 0 spiro atoms. The molecule has 0 aliphatic rings. The maximum atomic E-state index is 2.28. The van der Waals surface area contributed by atoms with Crippen LogP contribution in [-0.2, 0) is 0 Å². The molecule has 0 fully saturated rings. The van der Waals surface area contributed by atoms with E-state index in [0.717, 1.165) is 0 Å². The highest BCUT2D eigenvalue weighted by atomic mass is 28.3. The van der Waals surface area contributed by atoms with Gasteiger partial charge < -0.3 is 0 Å². The maximum Gasteiger partial charge on any atom is 0.107 e. The minimum Gasteiger partial charge on any atom is -0.0890 e. The van der Waals surface area contributed by atoms with Gasteiger partial charge in [0.1, 0.15) is 8.80 Å². The van der Waals surface area contributed by atoms with Gasteiger partial charge in [0.05, 0.1) is 0 Å². The smallest absolute Gasteiger partial charge is 0.0890 e. The molecule has 2 aromatic rings. The van der Waals surface area contributed by atoms with Crippen LogP contribution in [0.5, 0.6) is 0 Å². The van der Waals surface area contributed by atoms with E-state index in [9.17, 15) is 0 Å². The number of hydrogen-bond acceptors (Lipinski definition) is 0. The van der Waals surface area contributed by atoms with Crippen molar-refractivity contribution in [3.05, 3.63) is 72.3 Å². The van der Waals surface area contributed by atoms with E-state index in [2.05, 4.69) is 80.6 Å². The minimum atomic E-state index is -1.09. The second kappa shape index (κ2) is 6.36. The summed E-state index contributed by atoms with van der Waals surface area (Å²) in [4.78, 5) is 0. The molecule has 0 nitrogen and oxygen atoms in total. The van der Waals surface area contributed by atoms with Gasteiger partial charge in [0.25, 0.3) is 0 Å². The molecular formula is C17H20Si. The summed E-state index contributed by atoms with van der Waals surface area (Å²) in [5.41, 5.74) is 1.50. The van der Waals surface area contributed by atoms with E-state index in [1.54, 1.807) is 0 Å². The lowest BCUT2D eigenvalue weighted by Gasteiger charge is -2.16. The Morgan fingerprint density at radius 2 is 1.33 bits per heavy atom. The Balaban J connectivity index is 2.35. The van der Waals surface area contributed by atoms with Crippen molar-refractivity contribution in [2.75, 3.05) is 0 Å². The van der Waals surface area contributed by atoms with Crippen LogP contribution in [0.15, 0.2) is 72.3 Å². The van der Waals surface area contributed by atoms with Crippen LogP contribution in [0, 0.1) is 0 Å². The van der Waals surface area contributed by atoms with Crippen LogP contribution in [0.1, 0.15) is 13.8 Å². The molecule has 1 heteroatoms. The van der Waals surface area contributed by atoms with Gasteiger partial charge in [-0.05, 0) is 19.9 Å². The van der Waals surface area contributed by atoms with E-state index in [4.69, 9.17) is 0 Å². The molecule has 0 saturated heterocycles. The first-order valence-electron chi connectivity index (χ1n) is 6.53. The van der Waals surface area contributed by atoms with Gasteiger partial charge in [0.15, 0.2) is 0 Å². The summed E-state index contributed by atoms with van der Waals surface area (Å²) < 4.78 is 0. The van der Waals surface area contributed by atoms with Crippen molar-refractivity contribution in [2.45, 2.75) is 19.9 Å². The molecule has 0 aromatic heterocycles. The number of rotatable bonds is 4. The van der Waals surface area contributed by atoms with Crippen molar-refractivity contribution >= 4 is 19.2 Å².